The monoisotopic (exact) mass is 224 g/mol. The number of nitrogens with one attached hydrogen (secondary N) is 1. The second-order valence-electron chi connectivity index (χ2n) is 4.31. The molecule has 0 bridgehead atoms. The van der Waals surface area contributed by atoms with Crippen LogP contribution in [-0.4, -0.2) is 18.0 Å². The van der Waals surface area contributed by atoms with Gasteiger partial charge in [0.05, 0.1) is 6.07 Å². The number of rotatable bonds is 3. The molecule has 5 nitrogen and oxygen atoms in total. The minimum atomic E-state index is -0.487. The fourth-order valence-electron chi connectivity index (χ4n) is 2.26. The van der Waals surface area contributed by atoms with E-state index in [9.17, 15) is 10.1 Å². The summed E-state index contributed by atoms with van der Waals surface area (Å²) in [4.78, 5) is 10.0. The van der Waals surface area contributed by atoms with E-state index in [1.165, 1.54) is 6.07 Å². The molecule has 0 amide bonds. The molecule has 2 heterocycles. The summed E-state index contributed by atoms with van der Waals surface area (Å²) in [6, 6.07) is 3.16. The van der Waals surface area contributed by atoms with E-state index in [-0.39, 0.29) is 11.8 Å². The highest BCUT2D eigenvalue weighted by molar-refractivity contribution is 5.20. The first kappa shape index (κ1) is 11.1. The molecule has 0 aromatic carbocycles. The quantitative estimate of drug-likeness (QED) is 0.631. The molecule has 1 atom stereocenters. The van der Waals surface area contributed by atoms with E-state index in [1.807, 2.05) is 0 Å². The van der Waals surface area contributed by atoms with E-state index in [1.54, 1.807) is 6.07 Å². The Hall–Kier alpha value is -1.36. The van der Waals surface area contributed by atoms with Crippen molar-refractivity contribution in [3.8, 4) is 0 Å². The van der Waals surface area contributed by atoms with Gasteiger partial charge in [0, 0.05) is 5.92 Å². The lowest BCUT2D eigenvalue weighted by Crippen LogP contribution is -2.30. The predicted molar refractivity (Wildman–Crippen MR) is 59.4 cm³/mol. The largest absolute Gasteiger partial charge is 0.433 e. The molecular formula is C11H16N2O3. The lowest BCUT2D eigenvalue weighted by atomic mass is 9.85. The summed E-state index contributed by atoms with van der Waals surface area (Å²) < 4.78 is 5.24. The molecule has 16 heavy (non-hydrogen) atoms. The van der Waals surface area contributed by atoms with Gasteiger partial charge in [0.1, 0.15) is 10.7 Å². The molecule has 88 valence electrons. The van der Waals surface area contributed by atoms with Gasteiger partial charge in [0.2, 0.25) is 0 Å². The molecular weight excluding hydrogens is 208 g/mol. The van der Waals surface area contributed by atoms with Crippen LogP contribution in [0.15, 0.2) is 16.5 Å². The molecule has 0 aliphatic carbocycles. The van der Waals surface area contributed by atoms with Gasteiger partial charge < -0.3 is 9.73 Å². The Morgan fingerprint density at radius 3 is 2.75 bits per heavy atom. The molecule has 1 aromatic rings. The van der Waals surface area contributed by atoms with Gasteiger partial charge in [-0.3, -0.25) is 10.1 Å². The van der Waals surface area contributed by atoms with Crippen molar-refractivity contribution < 1.29 is 9.34 Å². The molecule has 0 saturated carbocycles. The van der Waals surface area contributed by atoms with Crippen LogP contribution in [0.2, 0.25) is 0 Å². The third-order valence-electron chi connectivity index (χ3n) is 3.33. The van der Waals surface area contributed by atoms with Crippen molar-refractivity contribution >= 4 is 5.88 Å². The Morgan fingerprint density at radius 2 is 2.19 bits per heavy atom. The van der Waals surface area contributed by atoms with Crippen LogP contribution in [-0.2, 0) is 0 Å². The predicted octanol–water partition coefficient (Wildman–Crippen LogP) is 2.29. The van der Waals surface area contributed by atoms with Crippen LogP contribution in [0, 0.1) is 16.0 Å². The van der Waals surface area contributed by atoms with E-state index in [0.717, 1.165) is 31.7 Å². The molecule has 0 spiro atoms. The summed E-state index contributed by atoms with van der Waals surface area (Å²) in [7, 11) is 0. The Bertz CT molecular complexity index is 369. The first-order chi connectivity index (χ1) is 7.68. The van der Waals surface area contributed by atoms with E-state index in [0.29, 0.717) is 5.92 Å². The van der Waals surface area contributed by atoms with E-state index < -0.39 is 4.92 Å². The van der Waals surface area contributed by atoms with Crippen LogP contribution in [0.25, 0.3) is 0 Å². The van der Waals surface area contributed by atoms with Crippen molar-refractivity contribution in [2.75, 3.05) is 13.1 Å². The standard InChI is InChI=1S/C11H16N2O3/c1-8(9-4-6-12-7-5-9)10-2-3-11(16-10)13(14)15/h2-3,8-9,12H,4-7H2,1H3. The highest BCUT2D eigenvalue weighted by atomic mass is 16.6. The summed E-state index contributed by atoms with van der Waals surface area (Å²) in [6.45, 7) is 4.13. The van der Waals surface area contributed by atoms with Gasteiger partial charge in [-0.1, -0.05) is 6.92 Å². The van der Waals surface area contributed by atoms with Gasteiger partial charge in [-0.2, -0.15) is 0 Å². The Morgan fingerprint density at radius 1 is 1.50 bits per heavy atom. The zero-order chi connectivity index (χ0) is 11.5. The van der Waals surface area contributed by atoms with Crippen LogP contribution in [0.5, 0.6) is 0 Å². The Labute approximate surface area is 94.0 Å². The fraction of sp³-hybridized carbons (Fsp3) is 0.636. The molecule has 1 aliphatic rings. The highest BCUT2D eigenvalue weighted by Crippen LogP contribution is 2.32. The number of piperidine rings is 1. The minimum Gasteiger partial charge on any atom is -0.406 e. The molecule has 0 radical (unpaired) electrons. The van der Waals surface area contributed by atoms with Gasteiger partial charge in [0.15, 0.2) is 0 Å². The zero-order valence-electron chi connectivity index (χ0n) is 9.31. The molecule has 1 saturated heterocycles. The van der Waals surface area contributed by atoms with Crippen LogP contribution < -0.4 is 5.32 Å². The van der Waals surface area contributed by atoms with Crippen molar-refractivity contribution in [2.45, 2.75) is 25.7 Å². The topological polar surface area (TPSA) is 68.3 Å². The van der Waals surface area contributed by atoms with Gasteiger partial charge in [-0.15, -0.1) is 0 Å². The number of nitrogens with zero attached hydrogens (tertiary/aromatic N) is 1. The smallest absolute Gasteiger partial charge is 0.406 e. The van der Waals surface area contributed by atoms with Crippen LogP contribution in [0.4, 0.5) is 5.88 Å². The van der Waals surface area contributed by atoms with Crippen LogP contribution in [0.1, 0.15) is 31.4 Å². The van der Waals surface area contributed by atoms with Crippen molar-refractivity contribution in [3.05, 3.63) is 28.0 Å². The summed E-state index contributed by atoms with van der Waals surface area (Å²) in [5, 5.41) is 13.8. The minimum absolute atomic E-state index is 0.157. The van der Waals surface area contributed by atoms with E-state index >= 15 is 0 Å². The average Bonchev–Trinajstić information content (AvgIpc) is 2.78. The number of hydrogen-bond acceptors (Lipinski definition) is 4. The number of hydrogen-bond donors (Lipinski definition) is 1. The first-order valence-corrected chi connectivity index (χ1v) is 5.63. The molecule has 1 N–H and O–H groups in total. The van der Waals surface area contributed by atoms with Crippen molar-refractivity contribution in [3.63, 3.8) is 0 Å². The van der Waals surface area contributed by atoms with E-state index in [2.05, 4.69) is 12.2 Å². The van der Waals surface area contributed by atoms with Gasteiger partial charge in [-0.05, 0) is 37.9 Å². The van der Waals surface area contributed by atoms with Gasteiger partial charge >= 0.3 is 5.88 Å². The van der Waals surface area contributed by atoms with E-state index in [4.69, 9.17) is 4.42 Å². The molecule has 1 unspecified atom stereocenters. The van der Waals surface area contributed by atoms with Crippen LogP contribution in [0.3, 0.4) is 0 Å². The second-order valence-corrected chi connectivity index (χ2v) is 4.31. The first-order valence-electron chi connectivity index (χ1n) is 5.63. The second kappa shape index (κ2) is 4.65. The number of furan rings is 1. The SMILES string of the molecule is CC(c1ccc([N+](=O)[O-])o1)C1CCNCC1. The fourth-order valence-corrected chi connectivity index (χ4v) is 2.26. The summed E-state index contributed by atoms with van der Waals surface area (Å²) in [5.41, 5.74) is 0. The average molecular weight is 224 g/mol. The molecule has 1 fully saturated rings. The Kier molecular flexibility index (Phi) is 3.24. The number of nitro groups is 1. The molecule has 5 heteroatoms. The highest BCUT2D eigenvalue weighted by Gasteiger charge is 2.25. The van der Waals surface area contributed by atoms with Crippen LogP contribution >= 0.6 is 0 Å². The normalized spacial score (nSPS) is 19.6. The maximum Gasteiger partial charge on any atom is 0.433 e. The molecule has 1 aliphatic heterocycles. The molecule has 1 aromatic heterocycles. The zero-order valence-corrected chi connectivity index (χ0v) is 9.31. The maximum atomic E-state index is 10.5. The summed E-state index contributed by atoms with van der Waals surface area (Å²) in [5.74, 6) is 1.40. The van der Waals surface area contributed by atoms with Crippen molar-refractivity contribution in [2.24, 2.45) is 5.92 Å². The Balaban J connectivity index is 2.07. The van der Waals surface area contributed by atoms with Gasteiger partial charge in [-0.25, -0.2) is 0 Å². The third-order valence-corrected chi connectivity index (χ3v) is 3.33. The third kappa shape index (κ3) is 2.24. The van der Waals surface area contributed by atoms with Crippen molar-refractivity contribution in [1.29, 1.82) is 0 Å². The van der Waals surface area contributed by atoms with Gasteiger partial charge in [0.25, 0.3) is 0 Å². The molecule has 2 rings (SSSR count). The van der Waals surface area contributed by atoms with Crippen molar-refractivity contribution in [1.82, 2.24) is 5.32 Å². The lowest BCUT2D eigenvalue weighted by molar-refractivity contribution is -0.402. The lowest BCUT2D eigenvalue weighted by Gasteiger charge is -2.26. The summed E-state index contributed by atoms with van der Waals surface area (Å²) >= 11 is 0. The summed E-state index contributed by atoms with van der Waals surface area (Å²) in [6.07, 6.45) is 2.21. The maximum absolute atomic E-state index is 10.5.